The Bertz CT molecular complexity index is 1280. The highest BCUT2D eigenvalue weighted by atomic mass is 19.1. The van der Waals surface area contributed by atoms with E-state index in [4.69, 9.17) is 25.5 Å². The molecule has 0 bridgehead atoms. The number of hydrogen-bond donors (Lipinski definition) is 4. The standard InChI is InChI=1S/C24H28FN5O.C2H2O4/c25-21-14-19(13-17-5-7-27-24(17)21)29-11-9-28(10-12-29)8-6-18-15-30(16-23(26)31)22-4-2-1-3-20(18)22;3-1(4)2(5)6/h1-5,7,13-14,18,27H,6,8-12,15-16H2,(H2,26,31);(H,3,4)(H,5,6). The van der Waals surface area contributed by atoms with Gasteiger partial charge in [-0.2, -0.15) is 0 Å². The number of nitrogens with two attached hydrogens (primary N) is 1. The van der Waals surface area contributed by atoms with E-state index >= 15 is 0 Å². The van der Waals surface area contributed by atoms with Crippen LogP contribution in [0.5, 0.6) is 0 Å². The lowest BCUT2D eigenvalue weighted by Gasteiger charge is -2.36. The monoisotopic (exact) mass is 511 g/mol. The van der Waals surface area contributed by atoms with Crippen molar-refractivity contribution < 1.29 is 29.0 Å². The summed E-state index contributed by atoms with van der Waals surface area (Å²) in [5, 5.41) is 15.7. The fourth-order valence-corrected chi connectivity index (χ4v) is 5.03. The smallest absolute Gasteiger partial charge is 0.414 e. The number of para-hydroxylation sites is 1. The van der Waals surface area contributed by atoms with Crippen LogP contribution in [0.25, 0.3) is 10.9 Å². The molecular formula is C26H30FN5O5. The molecule has 1 amide bonds. The summed E-state index contributed by atoms with van der Waals surface area (Å²) in [5.41, 5.74) is 9.42. The number of aliphatic carboxylic acids is 2. The Morgan fingerprint density at radius 3 is 2.41 bits per heavy atom. The lowest BCUT2D eigenvalue weighted by atomic mass is 9.97. The first kappa shape index (κ1) is 26.0. The fourth-order valence-electron chi connectivity index (χ4n) is 5.03. The third-order valence-corrected chi connectivity index (χ3v) is 6.81. The zero-order chi connectivity index (χ0) is 26.5. The number of H-pyrrole nitrogens is 1. The number of primary amides is 1. The van der Waals surface area contributed by atoms with Gasteiger partial charge in [0.1, 0.15) is 5.82 Å². The maximum Gasteiger partial charge on any atom is 0.414 e. The van der Waals surface area contributed by atoms with E-state index in [1.165, 1.54) is 5.56 Å². The summed E-state index contributed by atoms with van der Waals surface area (Å²) in [6.45, 7) is 5.85. The van der Waals surface area contributed by atoms with Gasteiger partial charge in [-0.3, -0.25) is 9.69 Å². The number of aromatic nitrogens is 1. The summed E-state index contributed by atoms with van der Waals surface area (Å²) in [7, 11) is 0. The molecule has 5 N–H and O–H groups in total. The molecule has 5 rings (SSSR count). The summed E-state index contributed by atoms with van der Waals surface area (Å²) >= 11 is 0. The number of fused-ring (bicyclic) bond motifs is 2. The van der Waals surface area contributed by atoms with E-state index in [2.05, 4.69) is 43.9 Å². The molecule has 10 nitrogen and oxygen atoms in total. The van der Waals surface area contributed by atoms with Crippen LogP contribution in [-0.2, 0) is 14.4 Å². The molecule has 1 aromatic heterocycles. The minimum Gasteiger partial charge on any atom is -0.473 e. The Labute approximate surface area is 213 Å². The number of nitrogens with zero attached hydrogens (tertiary/aromatic N) is 3. The second-order valence-electron chi connectivity index (χ2n) is 9.20. The van der Waals surface area contributed by atoms with E-state index < -0.39 is 11.9 Å². The zero-order valence-electron chi connectivity index (χ0n) is 20.3. The predicted octanol–water partition coefficient (Wildman–Crippen LogP) is 2.06. The highest BCUT2D eigenvalue weighted by Crippen LogP contribution is 2.37. The predicted molar refractivity (Wildman–Crippen MR) is 137 cm³/mol. The number of amides is 1. The first-order valence-electron chi connectivity index (χ1n) is 12.0. The third kappa shape index (κ3) is 6.18. The van der Waals surface area contributed by atoms with Gasteiger partial charge in [-0.1, -0.05) is 18.2 Å². The van der Waals surface area contributed by atoms with Gasteiger partial charge in [0.05, 0.1) is 12.1 Å². The Hall–Kier alpha value is -4.12. The number of carbonyl (C=O) groups excluding carboxylic acids is 1. The Morgan fingerprint density at radius 2 is 1.73 bits per heavy atom. The van der Waals surface area contributed by atoms with Crippen molar-refractivity contribution in [1.82, 2.24) is 9.88 Å². The van der Waals surface area contributed by atoms with Crippen LogP contribution in [0, 0.1) is 5.82 Å². The van der Waals surface area contributed by atoms with E-state index in [1.807, 2.05) is 12.1 Å². The van der Waals surface area contributed by atoms with Gasteiger partial charge in [-0.15, -0.1) is 0 Å². The van der Waals surface area contributed by atoms with Crippen LogP contribution in [0.3, 0.4) is 0 Å². The van der Waals surface area contributed by atoms with Crippen molar-refractivity contribution in [1.29, 1.82) is 0 Å². The first-order valence-corrected chi connectivity index (χ1v) is 12.0. The van der Waals surface area contributed by atoms with Gasteiger partial charge in [-0.05, 0) is 42.8 Å². The van der Waals surface area contributed by atoms with E-state index in [9.17, 15) is 9.18 Å². The molecule has 3 heterocycles. The van der Waals surface area contributed by atoms with Crippen LogP contribution >= 0.6 is 0 Å². The third-order valence-electron chi connectivity index (χ3n) is 6.81. The van der Waals surface area contributed by atoms with Crippen molar-refractivity contribution in [3.8, 4) is 0 Å². The number of nitrogens with one attached hydrogen (secondary N) is 1. The fraction of sp³-hybridized carbons (Fsp3) is 0.346. The molecule has 3 aromatic rings. The second kappa shape index (κ2) is 11.3. The molecule has 1 atom stereocenters. The van der Waals surface area contributed by atoms with E-state index in [0.29, 0.717) is 11.4 Å². The number of benzene rings is 2. The van der Waals surface area contributed by atoms with Crippen LogP contribution < -0.4 is 15.5 Å². The van der Waals surface area contributed by atoms with Crippen LogP contribution in [0.4, 0.5) is 15.8 Å². The molecule has 0 saturated carbocycles. The van der Waals surface area contributed by atoms with Gasteiger partial charge in [0, 0.05) is 61.6 Å². The average Bonchev–Trinajstić information content (AvgIpc) is 3.48. The number of carboxylic acid groups (broad SMARTS) is 2. The molecule has 0 aliphatic carbocycles. The average molecular weight is 512 g/mol. The van der Waals surface area contributed by atoms with Crippen LogP contribution in [0.1, 0.15) is 17.9 Å². The SMILES string of the molecule is NC(=O)CN1CC(CCN2CCN(c3cc(F)c4[nH]ccc4c3)CC2)c2ccccc21.O=C(O)C(=O)O. The molecule has 0 radical (unpaired) electrons. The molecular weight excluding hydrogens is 481 g/mol. The number of hydrogen-bond acceptors (Lipinski definition) is 6. The number of halogens is 1. The highest BCUT2D eigenvalue weighted by molar-refractivity contribution is 6.27. The molecule has 2 aliphatic rings. The molecule has 37 heavy (non-hydrogen) atoms. The molecule has 1 unspecified atom stereocenters. The molecule has 1 saturated heterocycles. The number of carboxylic acids is 2. The van der Waals surface area contributed by atoms with Crippen molar-refractivity contribution in [2.45, 2.75) is 12.3 Å². The molecule has 2 aliphatic heterocycles. The van der Waals surface area contributed by atoms with Crippen molar-refractivity contribution in [3.63, 3.8) is 0 Å². The van der Waals surface area contributed by atoms with Crippen LogP contribution in [0.2, 0.25) is 0 Å². The molecule has 0 spiro atoms. The Balaban J connectivity index is 0.000000480. The topological polar surface area (TPSA) is 143 Å². The van der Waals surface area contributed by atoms with Crippen molar-refractivity contribution >= 4 is 40.1 Å². The number of carbonyl (C=O) groups is 3. The number of anilines is 2. The van der Waals surface area contributed by atoms with Crippen LogP contribution in [-0.4, -0.2) is 83.8 Å². The number of rotatable bonds is 6. The van der Waals surface area contributed by atoms with E-state index in [0.717, 1.165) is 62.5 Å². The molecule has 196 valence electrons. The number of piperazine rings is 1. The van der Waals surface area contributed by atoms with Crippen molar-refractivity contribution in [2.24, 2.45) is 5.73 Å². The molecule has 1 fully saturated rings. The maximum atomic E-state index is 14.3. The summed E-state index contributed by atoms with van der Waals surface area (Å²) in [6, 6.07) is 14.0. The van der Waals surface area contributed by atoms with Crippen LogP contribution in [0.15, 0.2) is 48.7 Å². The van der Waals surface area contributed by atoms with Crippen molar-refractivity contribution in [2.75, 3.05) is 55.6 Å². The first-order chi connectivity index (χ1) is 17.7. The van der Waals surface area contributed by atoms with Gasteiger partial charge in [0.15, 0.2) is 0 Å². The summed E-state index contributed by atoms with van der Waals surface area (Å²) in [4.78, 5) is 39.5. The Morgan fingerprint density at radius 1 is 1.03 bits per heavy atom. The highest BCUT2D eigenvalue weighted by Gasteiger charge is 2.29. The Kier molecular flexibility index (Phi) is 7.92. The summed E-state index contributed by atoms with van der Waals surface area (Å²) in [5.74, 6) is -3.72. The van der Waals surface area contributed by atoms with E-state index in [-0.39, 0.29) is 18.3 Å². The minimum absolute atomic E-state index is 0.194. The maximum absolute atomic E-state index is 14.3. The summed E-state index contributed by atoms with van der Waals surface area (Å²) < 4.78 is 14.3. The number of aromatic amines is 1. The molecule has 11 heteroatoms. The summed E-state index contributed by atoms with van der Waals surface area (Å²) in [6.07, 6.45) is 2.83. The lowest BCUT2D eigenvalue weighted by molar-refractivity contribution is -0.159. The van der Waals surface area contributed by atoms with Gasteiger partial charge < -0.3 is 30.7 Å². The lowest BCUT2D eigenvalue weighted by Crippen LogP contribution is -2.47. The largest absolute Gasteiger partial charge is 0.473 e. The van der Waals surface area contributed by atoms with Gasteiger partial charge in [0.2, 0.25) is 5.91 Å². The molecule has 2 aromatic carbocycles. The second-order valence-corrected chi connectivity index (χ2v) is 9.20. The van der Waals surface area contributed by atoms with Gasteiger partial charge in [0.25, 0.3) is 0 Å². The van der Waals surface area contributed by atoms with E-state index in [1.54, 1.807) is 12.3 Å². The van der Waals surface area contributed by atoms with Gasteiger partial charge >= 0.3 is 11.9 Å². The zero-order valence-corrected chi connectivity index (χ0v) is 20.3. The van der Waals surface area contributed by atoms with Crippen molar-refractivity contribution in [3.05, 3.63) is 60.0 Å². The normalized spacial score (nSPS) is 17.3. The van der Waals surface area contributed by atoms with Gasteiger partial charge in [-0.25, -0.2) is 14.0 Å². The quantitative estimate of drug-likeness (QED) is 0.368. The minimum atomic E-state index is -1.82.